The van der Waals surface area contributed by atoms with Crippen molar-refractivity contribution in [2.75, 3.05) is 48.3 Å². The molecule has 160 valence electrons. The summed E-state index contributed by atoms with van der Waals surface area (Å²) in [7, 11) is 2.10. The molecule has 1 N–H and O–H groups in total. The van der Waals surface area contributed by atoms with Crippen LogP contribution < -0.4 is 15.1 Å². The Kier molecular flexibility index (Phi) is 4.92. The summed E-state index contributed by atoms with van der Waals surface area (Å²) in [6.45, 7) is 7.49. The van der Waals surface area contributed by atoms with E-state index in [4.69, 9.17) is 0 Å². The maximum atomic E-state index is 13.3. The van der Waals surface area contributed by atoms with Gasteiger partial charge in [-0.3, -0.25) is 9.69 Å². The van der Waals surface area contributed by atoms with Crippen LogP contribution in [0.1, 0.15) is 29.8 Å². The van der Waals surface area contributed by atoms with Crippen molar-refractivity contribution in [2.45, 2.75) is 25.7 Å². The van der Waals surface area contributed by atoms with E-state index >= 15 is 0 Å². The van der Waals surface area contributed by atoms with Crippen molar-refractivity contribution < 1.29 is 18.0 Å². The van der Waals surface area contributed by atoms with Crippen LogP contribution in [0.2, 0.25) is 0 Å². The van der Waals surface area contributed by atoms with Gasteiger partial charge >= 0.3 is 6.18 Å². The number of nitrogens with zero attached hydrogens (tertiary/aromatic N) is 3. The van der Waals surface area contributed by atoms with Gasteiger partial charge in [-0.2, -0.15) is 13.2 Å². The van der Waals surface area contributed by atoms with Crippen LogP contribution in [0.15, 0.2) is 42.5 Å². The monoisotopic (exact) mass is 418 g/mol. The Morgan fingerprint density at radius 2 is 1.53 bits per heavy atom. The van der Waals surface area contributed by atoms with E-state index in [0.717, 1.165) is 49.7 Å². The second-order valence-electron chi connectivity index (χ2n) is 8.39. The predicted molar refractivity (Wildman–Crippen MR) is 112 cm³/mol. The fraction of sp³-hybridized carbons (Fsp3) is 0.409. The topological polar surface area (TPSA) is 38.8 Å². The molecule has 0 spiro atoms. The zero-order chi connectivity index (χ0) is 21.7. The highest BCUT2D eigenvalue weighted by molar-refractivity contribution is 6.13. The fourth-order valence-electron chi connectivity index (χ4n) is 4.08. The van der Waals surface area contributed by atoms with Crippen LogP contribution in [0.25, 0.3) is 0 Å². The molecule has 0 unspecified atom stereocenters. The Morgan fingerprint density at radius 3 is 2.13 bits per heavy atom. The molecule has 0 saturated carbocycles. The number of alkyl halides is 3. The lowest BCUT2D eigenvalue weighted by molar-refractivity contribution is -0.137. The van der Waals surface area contributed by atoms with E-state index in [1.54, 1.807) is 6.07 Å². The first-order valence-electron chi connectivity index (χ1n) is 9.94. The van der Waals surface area contributed by atoms with Gasteiger partial charge in [-0.15, -0.1) is 0 Å². The van der Waals surface area contributed by atoms with Crippen molar-refractivity contribution in [3.63, 3.8) is 0 Å². The molecule has 1 amide bonds. The van der Waals surface area contributed by atoms with Crippen molar-refractivity contribution in [1.82, 2.24) is 4.90 Å². The minimum atomic E-state index is -4.41. The highest BCUT2D eigenvalue weighted by Crippen LogP contribution is 2.38. The van der Waals surface area contributed by atoms with Crippen LogP contribution in [0.5, 0.6) is 0 Å². The van der Waals surface area contributed by atoms with E-state index in [2.05, 4.69) is 22.2 Å². The van der Waals surface area contributed by atoms with Gasteiger partial charge in [-0.25, -0.2) is 0 Å². The first-order chi connectivity index (χ1) is 14.1. The first kappa shape index (κ1) is 20.5. The van der Waals surface area contributed by atoms with Gasteiger partial charge in [0.15, 0.2) is 0 Å². The van der Waals surface area contributed by atoms with Gasteiger partial charge in [0, 0.05) is 37.6 Å². The molecule has 0 atom stereocenters. The molecule has 8 heteroatoms. The molecule has 2 aliphatic heterocycles. The van der Waals surface area contributed by atoms with Gasteiger partial charge in [0.05, 0.1) is 16.8 Å². The summed E-state index contributed by atoms with van der Waals surface area (Å²) in [5.41, 5.74) is 1.18. The SMILES string of the molecule is CN1CCN(c2ccc3c(c2)NC(C)(C)N(c2ccc(C(F)(F)F)cc2)C3=O)CC1. The van der Waals surface area contributed by atoms with Crippen molar-refractivity contribution in [3.8, 4) is 0 Å². The van der Waals surface area contributed by atoms with Gasteiger partial charge in [-0.05, 0) is 63.4 Å². The Balaban J connectivity index is 1.64. The maximum Gasteiger partial charge on any atom is 0.416 e. The quantitative estimate of drug-likeness (QED) is 0.791. The largest absolute Gasteiger partial charge is 0.416 e. The van der Waals surface area contributed by atoms with Crippen molar-refractivity contribution in [3.05, 3.63) is 53.6 Å². The first-order valence-corrected chi connectivity index (χ1v) is 9.94. The van der Waals surface area contributed by atoms with Gasteiger partial charge in [0.2, 0.25) is 0 Å². The van der Waals surface area contributed by atoms with E-state index in [-0.39, 0.29) is 5.91 Å². The van der Waals surface area contributed by atoms with Crippen LogP contribution in [0.3, 0.4) is 0 Å². The van der Waals surface area contributed by atoms with Gasteiger partial charge in [0.25, 0.3) is 5.91 Å². The lowest BCUT2D eigenvalue weighted by Crippen LogP contribution is -2.56. The molecule has 5 nitrogen and oxygen atoms in total. The Bertz CT molecular complexity index is 948. The standard InChI is InChI=1S/C22H25F3N4O/c1-21(2)26-19-14-17(28-12-10-27(3)11-13-28)8-9-18(19)20(30)29(21)16-6-4-15(5-7-16)22(23,24)25/h4-9,14,26H,10-13H2,1-3H3. The normalized spacial score (nSPS) is 19.5. The molecule has 2 aliphatic rings. The molecule has 4 rings (SSSR count). The molecule has 0 bridgehead atoms. The number of fused-ring (bicyclic) bond motifs is 1. The zero-order valence-electron chi connectivity index (χ0n) is 17.3. The van der Waals surface area contributed by atoms with Crippen molar-refractivity contribution >= 4 is 23.0 Å². The molecule has 0 aromatic heterocycles. The van der Waals surface area contributed by atoms with E-state index in [0.29, 0.717) is 11.3 Å². The molecule has 0 aliphatic carbocycles. The smallest absolute Gasteiger partial charge is 0.369 e. The Hall–Kier alpha value is -2.74. The second-order valence-corrected chi connectivity index (χ2v) is 8.39. The fourth-order valence-corrected chi connectivity index (χ4v) is 4.08. The number of carbonyl (C=O) groups is 1. The summed E-state index contributed by atoms with van der Waals surface area (Å²) in [6.07, 6.45) is -4.41. The van der Waals surface area contributed by atoms with Crippen LogP contribution in [0.4, 0.5) is 30.2 Å². The van der Waals surface area contributed by atoms with Crippen LogP contribution in [-0.2, 0) is 6.18 Å². The van der Waals surface area contributed by atoms with Gasteiger partial charge < -0.3 is 15.1 Å². The van der Waals surface area contributed by atoms with Gasteiger partial charge in [0.1, 0.15) is 5.66 Å². The number of carbonyl (C=O) groups excluding carboxylic acids is 1. The van der Waals surface area contributed by atoms with E-state index in [1.807, 2.05) is 26.0 Å². The highest BCUT2D eigenvalue weighted by atomic mass is 19.4. The molecule has 1 fully saturated rings. The predicted octanol–water partition coefficient (Wildman–Crippen LogP) is 4.27. The van der Waals surface area contributed by atoms with Crippen LogP contribution in [-0.4, -0.2) is 49.7 Å². The number of amides is 1. The third-order valence-electron chi connectivity index (χ3n) is 5.76. The lowest BCUT2D eigenvalue weighted by Gasteiger charge is -2.44. The minimum absolute atomic E-state index is 0.238. The van der Waals surface area contributed by atoms with Crippen LogP contribution >= 0.6 is 0 Å². The van der Waals surface area contributed by atoms with Crippen molar-refractivity contribution in [2.24, 2.45) is 0 Å². The summed E-state index contributed by atoms with van der Waals surface area (Å²) in [5.74, 6) is -0.238. The summed E-state index contributed by atoms with van der Waals surface area (Å²) in [5, 5.41) is 3.39. The molecule has 0 radical (unpaired) electrons. The van der Waals surface area contributed by atoms with E-state index < -0.39 is 17.4 Å². The second kappa shape index (κ2) is 7.19. The number of piperazine rings is 1. The highest BCUT2D eigenvalue weighted by Gasteiger charge is 2.39. The minimum Gasteiger partial charge on any atom is -0.369 e. The number of nitrogens with one attached hydrogen (secondary N) is 1. The number of likely N-dealkylation sites (N-methyl/N-ethyl adjacent to an activating group) is 1. The summed E-state index contributed by atoms with van der Waals surface area (Å²) in [6, 6.07) is 10.4. The molecule has 2 heterocycles. The molecule has 2 aromatic rings. The molecular formula is C22H25F3N4O. The number of hydrogen-bond acceptors (Lipinski definition) is 4. The number of benzene rings is 2. The molecule has 2 aromatic carbocycles. The molecule has 30 heavy (non-hydrogen) atoms. The number of rotatable bonds is 2. The summed E-state index contributed by atoms with van der Waals surface area (Å²) < 4.78 is 38.7. The van der Waals surface area contributed by atoms with Gasteiger partial charge in [-0.1, -0.05) is 0 Å². The van der Waals surface area contributed by atoms with E-state index in [9.17, 15) is 18.0 Å². The average Bonchev–Trinajstić information content (AvgIpc) is 2.67. The van der Waals surface area contributed by atoms with Crippen molar-refractivity contribution in [1.29, 1.82) is 0 Å². The number of hydrogen-bond donors (Lipinski definition) is 1. The Morgan fingerprint density at radius 1 is 0.933 bits per heavy atom. The summed E-state index contributed by atoms with van der Waals surface area (Å²) >= 11 is 0. The lowest BCUT2D eigenvalue weighted by atomic mass is 9.99. The molecular weight excluding hydrogens is 393 g/mol. The third-order valence-corrected chi connectivity index (χ3v) is 5.76. The number of halogens is 3. The third kappa shape index (κ3) is 3.71. The zero-order valence-corrected chi connectivity index (χ0v) is 17.3. The average molecular weight is 418 g/mol. The van der Waals surface area contributed by atoms with E-state index in [1.165, 1.54) is 17.0 Å². The Labute approximate surface area is 174 Å². The number of anilines is 3. The maximum absolute atomic E-state index is 13.3. The summed E-state index contributed by atoms with van der Waals surface area (Å²) in [4.78, 5) is 19.4. The molecule has 1 saturated heterocycles. The van der Waals surface area contributed by atoms with Crippen LogP contribution in [0, 0.1) is 0 Å².